The van der Waals surface area contributed by atoms with Gasteiger partial charge in [0.05, 0.1) is 0 Å². The second-order valence-electron chi connectivity index (χ2n) is 7.49. The van der Waals surface area contributed by atoms with Gasteiger partial charge in [-0.1, -0.05) is 67.6 Å². The number of rotatable bonds is 6. The first-order valence-corrected chi connectivity index (χ1v) is 13.8. The van der Waals surface area contributed by atoms with Crippen LogP contribution < -0.4 is 5.32 Å². The van der Waals surface area contributed by atoms with Gasteiger partial charge in [0.2, 0.25) is 0 Å². The van der Waals surface area contributed by atoms with Crippen molar-refractivity contribution in [3.63, 3.8) is 0 Å². The third-order valence-electron chi connectivity index (χ3n) is 3.72. The molecule has 0 aliphatic rings. The molecule has 0 spiro atoms. The van der Waals surface area contributed by atoms with Crippen molar-refractivity contribution in [3.8, 4) is 11.7 Å². The first-order chi connectivity index (χ1) is 13.7. The summed E-state index contributed by atoms with van der Waals surface area (Å²) in [6, 6.07) is 16.1. The van der Waals surface area contributed by atoms with E-state index in [-0.39, 0.29) is 13.0 Å². The lowest BCUT2D eigenvalue weighted by Gasteiger charge is -2.16. The molecule has 0 saturated heterocycles. The summed E-state index contributed by atoms with van der Waals surface area (Å²) in [4.78, 5) is 24.8. The van der Waals surface area contributed by atoms with Crippen LogP contribution in [0.4, 0.5) is 4.79 Å². The Hall–Kier alpha value is -2.31. The summed E-state index contributed by atoms with van der Waals surface area (Å²) in [5.74, 6) is -0.606. The molecule has 152 valence electrons. The molecule has 7 heteroatoms. The number of carbonyl (C=O) groups excluding carboxylic acids is 2. The molecule has 2 aromatic carbocycles. The molecule has 0 radical (unpaired) electrons. The Labute approximate surface area is 186 Å². The summed E-state index contributed by atoms with van der Waals surface area (Å²) in [7, 11) is -1.67. The second-order valence-corrected chi connectivity index (χ2v) is 13.5. The van der Waals surface area contributed by atoms with Crippen LogP contribution in [0.3, 0.4) is 0 Å². The predicted octanol–water partition coefficient (Wildman–Crippen LogP) is 4.51. The average molecular weight is 521 g/mol. The largest absolute Gasteiger partial charge is 0.445 e. The van der Waals surface area contributed by atoms with Crippen molar-refractivity contribution in [3.05, 3.63) is 69.3 Å². The van der Waals surface area contributed by atoms with Gasteiger partial charge >= 0.3 is 12.1 Å². The Morgan fingerprint density at radius 1 is 1.03 bits per heavy atom. The lowest BCUT2D eigenvalue weighted by Crippen LogP contribution is -2.43. The van der Waals surface area contributed by atoms with E-state index < -0.39 is 26.2 Å². The molecule has 29 heavy (non-hydrogen) atoms. The molecule has 0 aliphatic heterocycles. The zero-order chi connectivity index (χ0) is 21.3. The van der Waals surface area contributed by atoms with Crippen molar-refractivity contribution >= 4 is 42.7 Å². The fraction of sp³-hybridized carbons (Fsp3) is 0.273. The maximum atomic E-state index is 12.5. The van der Waals surface area contributed by atoms with E-state index in [9.17, 15) is 9.59 Å². The zero-order valence-corrected chi connectivity index (χ0v) is 19.9. The molecule has 0 aliphatic carbocycles. The molecule has 0 aromatic heterocycles. The van der Waals surface area contributed by atoms with Gasteiger partial charge in [-0.15, -0.1) is 0 Å². The Morgan fingerprint density at radius 2 is 1.69 bits per heavy atom. The van der Waals surface area contributed by atoms with E-state index >= 15 is 0 Å². The molecule has 1 N–H and O–H groups in total. The van der Waals surface area contributed by atoms with Crippen LogP contribution >= 0.6 is 22.6 Å². The SMILES string of the molecule is C[Si](C)(C)C#COC(=O)[C@H](Cc1ccc(I)cc1)NC(=O)OCc1ccccc1. The van der Waals surface area contributed by atoms with Crippen molar-refractivity contribution in [1.29, 1.82) is 0 Å². The molecule has 0 unspecified atom stereocenters. The highest BCUT2D eigenvalue weighted by molar-refractivity contribution is 14.1. The number of amides is 1. The van der Waals surface area contributed by atoms with E-state index in [0.717, 1.165) is 14.7 Å². The number of esters is 1. The van der Waals surface area contributed by atoms with Gasteiger partial charge in [0.15, 0.2) is 0 Å². The van der Waals surface area contributed by atoms with Crippen molar-refractivity contribution in [1.82, 2.24) is 5.32 Å². The summed E-state index contributed by atoms with van der Waals surface area (Å²) in [5, 5.41) is 2.60. The Morgan fingerprint density at radius 3 is 2.31 bits per heavy atom. The van der Waals surface area contributed by atoms with Crippen molar-refractivity contribution in [2.75, 3.05) is 0 Å². The maximum Gasteiger partial charge on any atom is 0.408 e. The van der Waals surface area contributed by atoms with Gasteiger partial charge in [-0.05, 0) is 45.9 Å². The molecule has 0 bridgehead atoms. The Kier molecular flexibility index (Phi) is 8.73. The third kappa shape index (κ3) is 9.15. The Balaban J connectivity index is 2.03. The highest BCUT2D eigenvalue weighted by atomic mass is 127. The van der Waals surface area contributed by atoms with Crippen molar-refractivity contribution < 1.29 is 19.1 Å². The van der Waals surface area contributed by atoms with Gasteiger partial charge in [-0.25, -0.2) is 9.59 Å². The van der Waals surface area contributed by atoms with Crippen LogP contribution in [0.5, 0.6) is 0 Å². The normalized spacial score (nSPS) is 11.6. The van der Waals surface area contributed by atoms with Crippen LogP contribution in [0.15, 0.2) is 54.6 Å². The van der Waals surface area contributed by atoms with Crippen LogP contribution in [0.2, 0.25) is 19.6 Å². The standard InChI is InChI=1S/C22H24INO4Si/c1-29(2,3)14-13-27-21(25)20(15-17-9-11-19(23)12-10-17)24-22(26)28-16-18-7-5-4-6-8-18/h4-12,20H,15-16H2,1-3H3,(H,24,26)/t20-/m0/s1. The lowest BCUT2D eigenvalue weighted by atomic mass is 10.1. The summed E-state index contributed by atoms with van der Waals surface area (Å²) < 4.78 is 11.4. The number of nitrogens with one attached hydrogen (secondary N) is 1. The summed E-state index contributed by atoms with van der Waals surface area (Å²) in [6.45, 7) is 6.27. The molecule has 0 heterocycles. The highest BCUT2D eigenvalue weighted by Gasteiger charge is 2.24. The van der Waals surface area contributed by atoms with E-state index in [0.29, 0.717) is 0 Å². The molecular weight excluding hydrogens is 497 g/mol. The molecular formula is C22H24INO4Si. The second kappa shape index (κ2) is 11.0. The van der Waals surface area contributed by atoms with Gasteiger partial charge in [0.1, 0.15) is 26.8 Å². The molecule has 1 atom stereocenters. The number of ether oxygens (including phenoxy) is 2. The average Bonchev–Trinajstić information content (AvgIpc) is 2.67. The van der Waals surface area contributed by atoms with E-state index in [1.807, 2.05) is 54.6 Å². The van der Waals surface area contributed by atoms with Gasteiger partial charge in [0.25, 0.3) is 0 Å². The molecule has 5 nitrogen and oxygen atoms in total. The maximum absolute atomic E-state index is 12.5. The third-order valence-corrected chi connectivity index (χ3v) is 5.29. The fourth-order valence-corrected chi connectivity index (χ4v) is 2.97. The number of halogens is 1. The summed E-state index contributed by atoms with van der Waals surface area (Å²) in [5.41, 5.74) is 4.74. The monoisotopic (exact) mass is 521 g/mol. The molecule has 0 saturated carbocycles. The Bertz CT molecular complexity index is 883. The van der Waals surface area contributed by atoms with Crippen LogP contribution in [0, 0.1) is 15.2 Å². The van der Waals surface area contributed by atoms with Crippen LogP contribution in [-0.4, -0.2) is 26.2 Å². The topological polar surface area (TPSA) is 64.6 Å². The predicted molar refractivity (Wildman–Crippen MR) is 124 cm³/mol. The van der Waals surface area contributed by atoms with Gasteiger partial charge in [-0.3, -0.25) is 0 Å². The van der Waals surface area contributed by atoms with E-state index in [2.05, 4.69) is 59.2 Å². The molecule has 1 amide bonds. The molecule has 2 aromatic rings. The van der Waals surface area contributed by atoms with Crippen molar-refractivity contribution in [2.24, 2.45) is 0 Å². The van der Waals surface area contributed by atoms with Crippen molar-refractivity contribution in [2.45, 2.75) is 38.7 Å². The lowest BCUT2D eigenvalue weighted by molar-refractivity contribution is -0.139. The van der Waals surface area contributed by atoms with E-state index in [4.69, 9.17) is 9.47 Å². The van der Waals surface area contributed by atoms with Gasteiger partial charge < -0.3 is 14.8 Å². The first kappa shape index (κ1) is 23.0. The zero-order valence-electron chi connectivity index (χ0n) is 16.7. The smallest absolute Gasteiger partial charge is 0.408 e. The van der Waals surface area contributed by atoms with E-state index in [1.54, 1.807) is 0 Å². The minimum Gasteiger partial charge on any atom is -0.445 e. The molecule has 2 rings (SSSR count). The van der Waals surface area contributed by atoms with Crippen LogP contribution in [-0.2, 0) is 27.3 Å². The summed E-state index contributed by atoms with van der Waals surface area (Å²) >= 11 is 2.21. The van der Waals surface area contributed by atoms with Crippen LogP contribution in [0.25, 0.3) is 0 Å². The number of hydrogen-bond donors (Lipinski definition) is 1. The minimum atomic E-state index is -1.67. The number of alkyl carbamates (subject to hydrolysis) is 1. The number of carbonyl (C=O) groups is 2. The van der Waals surface area contributed by atoms with Gasteiger partial charge in [-0.2, -0.15) is 0 Å². The van der Waals surface area contributed by atoms with Crippen LogP contribution in [0.1, 0.15) is 11.1 Å². The minimum absolute atomic E-state index is 0.118. The van der Waals surface area contributed by atoms with E-state index in [1.165, 1.54) is 0 Å². The quantitative estimate of drug-likeness (QED) is 0.263. The highest BCUT2D eigenvalue weighted by Crippen LogP contribution is 2.10. The molecule has 0 fully saturated rings. The first-order valence-electron chi connectivity index (χ1n) is 9.17. The summed E-state index contributed by atoms with van der Waals surface area (Å²) in [6.07, 6.45) is 2.10. The number of hydrogen-bond acceptors (Lipinski definition) is 4. The number of benzene rings is 2. The van der Waals surface area contributed by atoms with Gasteiger partial charge in [0, 0.05) is 9.99 Å². The fourth-order valence-electron chi connectivity index (χ4n) is 2.26.